The molecule has 3 heterocycles. The lowest BCUT2D eigenvalue weighted by Gasteiger charge is -2.37. The summed E-state index contributed by atoms with van der Waals surface area (Å²) < 4.78 is 16.1. The van der Waals surface area contributed by atoms with Gasteiger partial charge in [0.2, 0.25) is 0 Å². The molecule has 2 atom stereocenters. The van der Waals surface area contributed by atoms with E-state index in [0.29, 0.717) is 44.8 Å². The summed E-state index contributed by atoms with van der Waals surface area (Å²) in [6.07, 6.45) is 0. The van der Waals surface area contributed by atoms with Gasteiger partial charge in [0.15, 0.2) is 5.84 Å². The molecule has 1 N–H and O–H groups in total. The molecule has 5 rings (SSSR count). The van der Waals surface area contributed by atoms with Crippen LogP contribution in [-0.2, 0) is 14.3 Å². The molecule has 2 aromatic rings. The summed E-state index contributed by atoms with van der Waals surface area (Å²) in [5, 5.41) is 26.1. The maximum Gasteiger partial charge on any atom is 0.328 e. The van der Waals surface area contributed by atoms with E-state index in [4.69, 9.17) is 26.4 Å². The Hall–Kier alpha value is -4.86. The first-order chi connectivity index (χ1) is 19.8. The second kappa shape index (κ2) is 11.9. The molecular weight excluding hydrogens is 572 g/mol. The van der Waals surface area contributed by atoms with E-state index in [-0.39, 0.29) is 37.1 Å². The molecule has 2 aromatic carbocycles. The fraction of sp³-hybridized carbons (Fsp3) is 0.385. The lowest BCUT2D eigenvalue weighted by molar-refractivity contribution is -0.385. The first-order valence-corrected chi connectivity index (χ1v) is 13.2. The topological polar surface area (TPSA) is 179 Å². The average Bonchev–Trinajstić information content (AvgIpc) is 2.94. The number of amides is 1. The molecule has 2 unspecified atom stereocenters. The molecule has 16 heteroatoms. The fourth-order valence-corrected chi connectivity index (χ4v) is 4.97. The van der Waals surface area contributed by atoms with Crippen LogP contribution in [0.15, 0.2) is 29.4 Å². The molecular formula is C26H28N6O9S. The summed E-state index contributed by atoms with van der Waals surface area (Å²) in [5.74, 6) is 0.815. The number of benzene rings is 2. The third-order valence-corrected chi connectivity index (χ3v) is 7.11. The number of fused-ring (bicyclic) bond motifs is 4. The van der Waals surface area contributed by atoms with Crippen molar-refractivity contribution >= 4 is 57.7 Å². The number of nitro groups is 2. The van der Waals surface area contributed by atoms with Crippen molar-refractivity contribution in [3.63, 3.8) is 0 Å². The third kappa shape index (κ3) is 5.65. The number of hydrazone groups is 1. The normalized spacial score (nSPS) is 17.5. The van der Waals surface area contributed by atoms with Crippen molar-refractivity contribution in [3.05, 3.63) is 55.6 Å². The Labute approximate surface area is 245 Å². The molecule has 0 aromatic heterocycles. The predicted octanol–water partition coefficient (Wildman–Crippen LogP) is 3.31. The van der Waals surface area contributed by atoms with Gasteiger partial charge < -0.3 is 24.0 Å². The molecule has 0 aliphatic carbocycles. The third-order valence-electron chi connectivity index (χ3n) is 6.80. The number of anilines is 2. The van der Waals surface area contributed by atoms with Crippen LogP contribution in [-0.4, -0.2) is 64.5 Å². The second-order valence-electron chi connectivity index (χ2n) is 9.55. The standard InChI is InChI=1S/C14H16N2O5S.C12H12N4O4/c1-4-20-14(17)9(3)15-11-6-10(16(18)19)8(2)5-12(11)21-7-13(15)22;1-6-3-10-9(4-8(6)16(18)19)15-7(2)12(17)14-13-11(15)5-20-10/h5-6,9H,4,7H2,1-3H3;3-4,7H,5H2,1-2H3,(H,14,17). The number of nitrogens with zero attached hydrogens (tertiary/aromatic N) is 5. The van der Waals surface area contributed by atoms with Crippen molar-refractivity contribution in [1.82, 2.24) is 5.43 Å². The first kappa shape index (κ1) is 30.1. The molecule has 0 spiro atoms. The quantitative estimate of drug-likeness (QED) is 0.229. The van der Waals surface area contributed by atoms with Crippen molar-refractivity contribution in [2.75, 3.05) is 29.6 Å². The number of rotatable bonds is 5. The first-order valence-electron chi connectivity index (χ1n) is 12.8. The molecule has 3 aliphatic heterocycles. The number of amidine groups is 1. The molecule has 0 saturated heterocycles. The summed E-state index contributed by atoms with van der Waals surface area (Å²) in [6.45, 7) is 8.96. The zero-order valence-electron chi connectivity index (χ0n) is 23.4. The summed E-state index contributed by atoms with van der Waals surface area (Å²) in [4.78, 5) is 48.6. The zero-order valence-corrected chi connectivity index (χ0v) is 24.2. The Morgan fingerprint density at radius 3 is 2.21 bits per heavy atom. The van der Waals surface area contributed by atoms with Gasteiger partial charge in [0.25, 0.3) is 17.3 Å². The molecule has 0 fully saturated rings. The zero-order chi connectivity index (χ0) is 30.9. The molecule has 1 amide bonds. The highest BCUT2D eigenvalue weighted by Gasteiger charge is 2.37. The monoisotopic (exact) mass is 600 g/mol. The van der Waals surface area contributed by atoms with Crippen LogP contribution in [0.2, 0.25) is 0 Å². The smallest absolute Gasteiger partial charge is 0.328 e. The number of nitrogens with one attached hydrogen (secondary N) is 1. The van der Waals surface area contributed by atoms with Gasteiger partial charge in [-0.3, -0.25) is 25.0 Å². The number of thiocarbonyl (C=S) groups is 1. The van der Waals surface area contributed by atoms with Gasteiger partial charge >= 0.3 is 5.97 Å². The molecule has 0 saturated carbocycles. The van der Waals surface area contributed by atoms with E-state index in [9.17, 15) is 29.8 Å². The van der Waals surface area contributed by atoms with Crippen molar-refractivity contribution in [3.8, 4) is 11.5 Å². The lowest BCUT2D eigenvalue weighted by atomic mass is 10.1. The van der Waals surface area contributed by atoms with E-state index < -0.39 is 27.9 Å². The molecule has 3 aliphatic rings. The lowest BCUT2D eigenvalue weighted by Crippen LogP contribution is -2.55. The van der Waals surface area contributed by atoms with E-state index in [1.807, 2.05) is 0 Å². The number of hydrogen-bond donors (Lipinski definition) is 1. The van der Waals surface area contributed by atoms with Gasteiger partial charge in [-0.05, 0) is 46.8 Å². The molecule has 0 bridgehead atoms. The molecule has 0 radical (unpaired) electrons. The Balaban J connectivity index is 0.000000193. The number of carbonyl (C=O) groups is 2. The van der Waals surface area contributed by atoms with Crippen LogP contribution in [0.3, 0.4) is 0 Å². The van der Waals surface area contributed by atoms with Gasteiger partial charge in [-0.15, -0.1) is 0 Å². The SMILES string of the molecule is CCOC(=O)C(C)N1C(=S)COc2cc(C)c([N+](=O)[O-])cc21.Cc1cc2c(cc1[N+](=O)[O-])N1C(=NNC(=O)C1C)CO2. The molecule has 42 heavy (non-hydrogen) atoms. The van der Waals surface area contributed by atoms with Crippen molar-refractivity contribution in [1.29, 1.82) is 0 Å². The minimum atomic E-state index is -0.683. The summed E-state index contributed by atoms with van der Waals surface area (Å²) in [6, 6.07) is 4.83. The van der Waals surface area contributed by atoms with Gasteiger partial charge in [-0.1, -0.05) is 12.2 Å². The predicted molar refractivity (Wildman–Crippen MR) is 155 cm³/mol. The molecule has 222 valence electrons. The highest BCUT2D eigenvalue weighted by atomic mass is 32.1. The molecule has 15 nitrogen and oxygen atoms in total. The number of esters is 1. The van der Waals surface area contributed by atoms with Crippen LogP contribution in [0.1, 0.15) is 31.9 Å². The van der Waals surface area contributed by atoms with Crippen LogP contribution in [0, 0.1) is 34.1 Å². The Bertz CT molecular complexity index is 1530. The van der Waals surface area contributed by atoms with Crippen LogP contribution in [0.4, 0.5) is 22.7 Å². The fourth-order valence-electron chi connectivity index (χ4n) is 4.65. The highest BCUT2D eigenvalue weighted by molar-refractivity contribution is 7.80. The Morgan fingerprint density at radius 2 is 1.64 bits per heavy atom. The minimum absolute atomic E-state index is 0.00761. The average molecular weight is 601 g/mol. The number of carbonyl (C=O) groups excluding carboxylic acids is 2. The maximum absolute atomic E-state index is 12.0. The van der Waals surface area contributed by atoms with Gasteiger partial charge in [0, 0.05) is 23.3 Å². The van der Waals surface area contributed by atoms with Crippen molar-refractivity contribution in [2.45, 2.75) is 46.7 Å². The van der Waals surface area contributed by atoms with Crippen LogP contribution in [0.5, 0.6) is 11.5 Å². The van der Waals surface area contributed by atoms with E-state index in [2.05, 4.69) is 10.5 Å². The van der Waals surface area contributed by atoms with Crippen LogP contribution < -0.4 is 24.7 Å². The van der Waals surface area contributed by atoms with Gasteiger partial charge in [-0.25, -0.2) is 10.2 Å². The number of hydrogen-bond acceptors (Lipinski definition) is 12. The minimum Gasteiger partial charge on any atom is -0.484 e. The van der Waals surface area contributed by atoms with Gasteiger partial charge in [-0.2, -0.15) is 5.10 Å². The summed E-state index contributed by atoms with van der Waals surface area (Å²) >= 11 is 5.25. The van der Waals surface area contributed by atoms with Crippen LogP contribution >= 0.6 is 12.2 Å². The summed E-state index contributed by atoms with van der Waals surface area (Å²) in [5.41, 5.74) is 4.26. The van der Waals surface area contributed by atoms with Gasteiger partial charge in [0.05, 0.1) is 27.8 Å². The number of ether oxygens (including phenoxy) is 3. The van der Waals surface area contributed by atoms with E-state index in [1.54, 1.807) is 56.6 Å². The number of aryl methyl sites for hydroxylation is 2. The largest absolute Gasteiger partial charge is 0.484 e. The van der Waals surface area contributed by atoms with E-state index >= 15 is 0 Å². The highest BCUT2D eigenvalue weighted by Crippen LogP contribution is 2.40. The Kier molecular flexibility index (Phi) is 8.56. The number of nitro benzene ring substituents is 2. The van der Waals surface area contributed by atoms with E-state index in [0.717, 1.165) is 0 Å². The van der Waals surface area contributed by atoms with Crippen molar-refractivity contribution < 1.29 is 33.6 Å². The maximum atomic E-state index is 12.0. The Morgan fingerprint density at radius 1 is 1.10 bits per heavy atom. The van der Waals surface area contributed by atoms with Crippen LogP contribution in [0.25, 0.3) is 0 Å². The second-order valence-corrected chi connectivity index (χ2v) is 10.0. The van der Waals surface area contributed by atoms with Gasteiger partial charge in [0.1, 0.15) is 41.8 Å². The summed E-state index contributed by atoms with van der Waals surface area (Å²) in [7, 11) is 0. The van der Waals surface area contributed by atoms with E-state index in [1.165, 1.54) is 12.1 Å². The van der Waals surface area contributed by atoms with Crippen molar-refractivity contribution in [2.24, 2.45) is 5.10 Å².